The number of halogens is 1. The standard InChI is InChI=1S/C22H22FN5O6S/c23-16-11-14(27-13-19(34-22(27)30)21(29)17-5-10-33-24-17)1-3-18(16)26-8-6-25(7-9-26)12-15-2-4-20(35-15)28(31)32/h1-5,10-11,19,21,29H,6-9,12-13H2. The molecule has 2 saturated heterocycles. The molecule has 2 atom stereocenters. The van der Waals surface area contributed by atoms with E-state index >= 15 is 4.39 Å². The first-order valence-corrected chi connectivity index (χ1v) is 11.8. The predicted octanol–water partition coefficient (Wildman–Crippen LogP) is 3.16. The van der Waals surface area contributed by atoms with Gasteiger partial charge in [0.1, 0.15) is 23.9 Å². The molecule has 11 nitrogen and oxygen atoms in total. The number of rotatable bonds is 7. The van der Waals surface area contributed by atoms with Crippen LogP contribution in [0.15, 0.2) is 47.2 Å². The number of cyclic esters (lactones) is 1. The monoisotopic (exact) mass is 503 g/mol. The van der Waals surface area contributed by atoms with Crippen LogP contribution >= 0.6 is 11.3 Å². The molecule has 3 aromatic rings. The Balaban J connectivity index is 1.19. The van der Waals surface area contributed by atoms with Crippen LogP contribution in [-0.2, 0) is 11.3 Å². The Labute approximate surface area is 203 Å². The summed E-state index contributed by atoms with van der Waals surface area (Å²) in [7, 11) is 0. The number of hydrogen-bond donors (Lipinski definition) is 1. The quantitative estimate of drug-likeness (QED) is 0.382. The number of piperazine rings is 1. The summed E-state index contributed by atoms with van der Waals surface area (Å²) in [5, 5.41) is 25.0. The molecule has 0 saturated carbocycles. The molecule has 1 N–H and O–H groups in total. The van der Waals surface area contributed by atoms with Gasteiger partial charge in [-0.2, -0.15) is 0 Å². The minimum absolute atomic E-state index is 0.0468. The average molecular weight is 504 g/mol. The number of benzene rings is 1. The summed E-state index contributed by atoms with van der Waals surface area (Å²) in [6.07, 6.45) is -1.36. The number of nitro groups is 1. The number of carbonyl (C=O) groups excluding carboxylic acids is 1. The van der Waals surface area contributed by atoms with E-state index in [-0.39, 0.29) is 22.2 Å². The van der Waals surface area contributed by atoms with Crippen molar-refractivity contribution in [1.29, 1.82) is 0 Å². The van der Waals surface area contributed by atoms with Gasteiger partial charge in [0.15, 0.2) is 6.10 Å². The summed E-state index contributed by atoms with van der Waals surface area (Å²) < 4.78 is 25.0. The summed E-state index contributed by atoms with van der Waals surface area (Å²) in [4.78, 5) is 29.2. The number of anilines is 2. The van der Waals surface area contributed by atoms with E-state index in [0.717, 1.165) is 4.88 Å². The largest absolute Gasteiger partial charge is 0.441 e. The molecule has 184 valence electrons. The minimum Gasteiger partial charge on any atom is -0.441 e. The maximum Gasteiger partial charge on any atom is 0.414 e. The number of amides is 1. The van der Waals surface area contributed by atoms with Crippen LogP contribution in [0.1, 0.15) is 16.7 Å². The van der Waals surface area contributed by atoms with E-state index in [9.17, 15) is 20.0 Å². The Morgan fingerprint density at radius 3 is 2.69 bits per heavy atom. The van der Waals surface area contributed by atoms with Gasteiger partial charge < -0.3 is 19.3 Å². The van der Waals surface area contributed by atoms with E-state index in [1.165, 1.54) is 40.7 Å². The fourth-order valence-electron chi connectivity index (χ4n) is 4.26. The zero-order valence-electron chi connectivity index (χ0n) is 18.4. The van der Waals surface area contributed by atoms with Crippen molar-refractivity contribution in [3.05, 3.63) is 69.2 Å². The lowest BCUT2D eigenvalue weighted by Gasteiger charge is -2.36. The highest BCUT2D eigenvalue weighted by Gasteiger charge is 2.38. The lowest BCUT2D eigenvalue weighted by atomic mass is 10.1. The second-order valence-electron chi connectivity index (χ2n) is 8.30. The lowest BCUT2D eigenvalue weighted by molar-refractivity contribution is -0.380. The molecule has 0 aliphatic carbocycles. The van der Waals surface area contributed by atoms with Crippen LogP contribution in [0.2, 0.25) is 0 Å². The summed E-state index contributed by atoms with van der Waals surface area (Å²) >= 11 is 1.17. The van der Waals surface area contributed by atoms with E-state index in [1.807, 2.05) is 4.90 Å². The second kappa shape index (κ2) is 9.60. The molecule has 35 heavy (non-hydrogen) atoms. The number of aliphatic hydroxyl groups is 1. The first kappa shape index (κ1) is 23.2. The zero-order valence-corrected chi connectivity index (χ0v) is 19.3. The molecule has 2 fully saturated rings. The van der Waals surface area contributed by atoms with E-state index in [0.29, 0.717) is 44.1 Å². The summed E-state index contributed by atoms with van der Waals surface area (Å²) in [5.74, 6) is -0.460. The lowest BCUT2D eigenvalue weighted by Crippen LogP contribution is -2.46. The maximum absolute atomic E-state index is 15.0. The molecule has 13 heteroatoms. The fourth-order valence-corrected chi connectivity index (χ4v) is 5.12. The van der Waals surface area contributed by atoms with Crippen molar-refractivity contribution >= 4 is 33.8 Å². The molecule has 2 unspecified atom stereocenters. The number of aliphatic hydroxyl groups excluding tert-OH is 1. The SMILES string of the molecule is O=C1OC(C(O)c2ccon2)CN1c1ccc(N2CCN(Cc3ccc([N+](=O)[O-])s3)CC2)c(F)c1. The first-order chi connectivity index (χ1) is 16.9. The first-order valence-electron chi connectivity index (χ1n) is 11.0. The topological polar surface area (TPSA) is 125 Å². The third-order valence-corrected chi connectivity index (χ3v) is 7.13. The summed E-state index contributed by atoms with van der Waals surface area (Å²) in [5.41, 5.74) is 1.03. The molecule has 0 radical (unpaired) electrons. The van der Waals surface area contributed by atoms with Gasteiger partial charge in [-0.25, -0.2) is 9.18 Å². The van der Waals surface area contributed by atoms with Gasteiger partial charge in [0.25, 0.3) is 0 Å². The number of aromatic nitrogens is 1. The van der Waals surface area contributed by atoms with Crippen LogP contribution in [0, 0.1) is 15.9 Å². The van der Waals surface area contributed by atoms with Crippen molar-refractivity contribution < 1.29 is 28.5 Å². The molecule has 1 amide bonds. The molecule has 5 rings (SSSR count). The van der Waals surface area contributed by atoms with E-state index in [4.69, 9.17) is 9.26 Å². The predicted molar refractivity (Wildman–Crippen MR) is 124 cm³/mol. The van der Waals surface area contributed by atoms with Gasteiger partial charge in [-0.3, -0.25) is 19.9 Å². The highest BCUT2D eigenvalue weighted by atomic mass is 32.1. The van der Waals surface area contributed by atoms with Crippen LogP contribution in [0.4, 0.5) is 25.6 Å². The van der Waals surface area contributed by atoms with Crippen LogP contribution in [0.25, 0.3) is 0 Å². The highest BCUT2D eigenvalue weighted by Crippen LogP contribution is 2.32. The number of carbonyl (C=O) groups is 1. The van der Waals surface area contributed by atoms with Gasteiger partial charge in [0.05, 0.1) is 22.8 Å². The van der Waals surface area contributed by atoms with Gasteiger partial charge in [-0.15, -0.1) is 0 Å². The summed E-state index contributed by atoms with van der Waals surface area (Å²) in [6, 6.07) is 9.35. The second-order valence-corrected chi connectivity index (χ2v) is 9.44. The molecular weight excluding hydrogens is 481 g/mol. The fraction of sp³-hybridized carbons (Fsp3) is 0.364. The van der Waals surface area contributed by atoms with E-state index in [1.54, 1.807) is 18.2 Å². The van der Waals surface area contributed by atoms with Gasteiger partial charge in [0, 0.05) is 49.7 Å². The maximum atomic E-state index is 15.0. The highest BCUT2D eigenvalue weighted by molar-refractivity contribution is 7.15. The Hall–Kier alpha value is -3.55. The Kier molecular flexibility index (Phi) is 6.36. The van der Waals surface area contributed by atoms with Crippen molar-refractivity contribution in [3.8, 4) is 0 Å². The van der Waals surface area contributed by atoms with Crippen LogP contribution < -0.4 is 9.80 Å². The molecule has 2 aliphatic heterocycles. The smallest absolute Gasteiger partial charge is 0.414 e. The summed E-state index contributed by atoms with van der Waals surface area (Å²) in [6.45, 7) is 3.24. The zero-order chi connectivity index (χ0) is 24.5. The Bertz CT molecular complexity index is 1210. The number of thiophene rings is 1. The van der Waals surface area contributed by atoms with Crippen molar-refractivity contribution in [2.45, 2.75) is 18.8 Å². The molecular formula is C22H22FN5O6S. The third kappa shape index (κ3) is 4.83. The van der Waals surface area contributed by atoms with Crippen molar-refractivity contribution in [2.75, 3.05) is 42.5 Å². The molecule has 2 aromatic heterocycles. The van der Waals surface area contributed by atoms with Crippen molar-refractivity contribution in [1.82, 2.24) is 10.1 Å². The van der Waals surface area contributed by atoms with Gasteiger partial charge in [-0.1, -0.05) is 16.5 Å². The number of ether oxygens (including phenoxy) is 1. The van der Waals surface area contributed by atoms with Gasteiger partial charge >= 0.3 is 11.1 Å². The van der Waals surface area contributed by atoms with Gasteiger partial charge in [0.2, 0.25) is 0 Å². The molecule has 0 bridgehead atoms. The third-order valence-electron chi connectivity index (χ3n) is 6.11. The van der Waals surface area contributed by atoms with Crippen LogP contribution in [0.3, 0.4) is 0 Å². The van der Waals surface area contributed by atoms with Crippen molar-refractivity contribution in [3.63, 3.8) is 0 Å². The minimum atomic E-state index is -1.15. The normalized spacial score (nSPS) is 19.7. The average Bonchev–Trinajstić information content (AvgIpc) is 3.61. The number of hydrogen-bond acceptors (Lipinski definition) is 10. The van der Waals surface area contributed by atoms with E-state index < -0.39 is 24.1 Å². The van der Waals surface area contributed by atoms with Crippen LogP contribution in [-0.4, -0.2) is 65.0 Å². The molecule has 2 aliphatic rings. The van der Waals surface area contributed by atoms with Crippen LogP contribution in [0.5, 0.6) is 0 Å². The number of nitrogens with zero attached hydrogens (tertiary/aromatic N) is 5. The molecule has 0 spiro atoms. The van der Waals surface area contributed by atoms with Crippen molar-refractivity contribution in [2.24, 2.45) is 0 Å². The Morgan fingerprint density at radius 1 is 1.23 bits per heavy atom. The molecule has 1 aromatic carbocycles. The molecule has 4 heterocycles. The van der Waals surface area contributed by atoms with E-state index in [2.05, 4.69) is 10.1 Å². The Morgan fingerprint density at radius 2 is 2.03 bits per heavy atom. The van der Waals surface area contributed by atoms with Gasteiger partial charge in [-0.05, 0) is 24.3 Å².